The van der Waals surface area contributed by atoms with Gasteiger partial charge < -0.3 is 19.5 Å². The first-order valence-electron chi connectivity index (χ1n) is 10.00. The van der Waals surface area contributed by atoms with Gasteiger partial charge in [-0.15, -0.1) is 0 Å². The smallest absolute Gasteiger partial charge is 0.251 e. The minimum absolute atomic E-state index is 0.133. The first kappa shape index (κ1) is 22.9. The minimum Gasteiger partial charge on any atom is -0.493 e. The van der Waals surface area contributed by atoms with Crippen molar-refractivity contribution >= 4 is 15.9 Å². The number of hydrogen-bond donors (Lipinski definition) is 1. The predicted molar refractivity (Wildman–Crippen MR) is 116 cm³/mol. The Balaban J connectivity index is 1.83. The van der Waals surface area contributed by atoms with Crippen molar-refractivity contribution in [2.24, 2.45) is 0 Å². The van der Waals surface area contributed by atoms with E-state index in [9.17, 15) is 13.2 Å². The largest absolute Gasteiger partial charge is 0.493 e. The molecule has 0 atom stereocenters. The molecule has 2 aromatic carbocycles. The van der Waals surface area contributed by atoms with Crippen molar-refractivity contribution in [2.45, 2.75) is 31.2 Å². The molecule has 0 aliphatic carbocycles. The molecule has 9 heteroatoms. The zero-order valence-corrected chi connectivity index (χ0v) is 19.0. The highest BCUT2D eigenvalue weighted by atomic mass is 32.2. The Bertz CT molecular complexity index is 1060. The first-order chi connectivity index (χ1) is 14.8. The number of sulfonamides is 1. The van der Waals surface area contributed by atoms with Crippen LogP contribution in [-0.4, -0.2) is 53.0 Å². The summed E-state index contributed by atoms with van der Waals surface area (Å²) in [5, 5.41) is 2.84. The fraction of sp³-hybridized carbons (Fsp3) is 0.409. The molecule has 8 nitrogen and oxygen atoms in total. The zero-order chi connectivity index (χ0) is 22.6. The number of carbonyl (C=O) groups is 1. The number of ether oxygens (including phenoxy) is 3. The van der Waals surface area contributed by atoms with Crippen LogP contribution in [0.25, 0.3) is 0 Å². The van der Waals surface area contributed by atoms with Gasteiger partial charge in [0.1, 0.15) is 0 Å². The normalized spacial score (nSPS) is 14.3. The maximum atomic E-state index is 12.9. The topological polar surface area (TPSA) is 94.2 Å². The molecular formula is C22H28N2O6S. The summed E-state index contributed by atoms with van der Waals surface area (Å²) < 4.78 is 43.3. The van der Waals surface area contributed by atoms with Crippen molar-refractivity contribution in [1.82, 2.24) is 9.62 Å². The SMILES string of the molecule is COc1ccc(CNC(=O)c2cc(S(=O)(=O)N3CCCC3)ccc2C)c(OC)c1OC. The van der Waals surface area contributed by atoms with Gasteiger partial charge in [-0.3, -0.25) is 4.79 Å². The second-order valence-corrected chi connectivity index (χ2v) is 9.20. The molecule has 1 fully saturated rings. The molecule has 0 aromatic heterocycles. The molecular weight excluding hydrogens is 420 g/mol. The van der Waals surface area contributed by atoms with Gasteiger partial charge in [0.25, 0.3) is 5.91 Å². The molecule has 1 saturated heterocycles. The lowest BCUT2D eigenvalue weighted by Gasteiger charge is -2.18. The van der Waals surface area contributed by atoms with E-state index < -0.39 is 10.0 Å². The van der Waals surface area contributed by atoms with Crippen LogP contribution in [0.4, 0.5) is 0 Å². The molecule has 1 amide bonds. The fourth-order valence-corrected chi connectivity index (χ4v) is 5.20. The lowest BCUT2D eigenvalue weighted by molar-refractivity contribution is 0.0949. The number of amides is 1. The Labute approximate surface area is 183 Å². The molecule has 0 radical (unpaired) electrons. The van der Waals surface area contributed by atoms with Gasteiger partial charge in [-0.05, 0) is 49.6 Å². The number of nitrogens with zero attached hydrogens (tertiary/aromatic N) is 1. The molecule has 0 spiro atoms. The molecule has 0 bridgehead atoms. The molecule has 168 valence electrons. The molecule has 1 N–H and O–H groups in total. The number of hydrogen-bond acceptors (Lipinski definition) is 6. The van der Waals surface area contributed by atoms with E-state index in [0.29, 0.717) is 47.0 Å². The summed E-state index contributed by atoms with van der Waals surface area (Å²) >= 11 is 0. The third-order valence-corrected chi connectivity index (χ3v) is 7.28. The number of aryl methyl sites for hydroxylation is 1. The maximum absolute atomic E-state index is 12.9. The average Bonchev–Trinajstić information content (AvgIpc) is 3.32. The Hall–Kier alpha value is -2.78. The van der Waals surface area contributed by atoms with Crippen molar-refractivity contribution in [3.63, 3.8) is 0 Å². The number of benzene rings is 2. The first-order valence-corrected chi connectivity index (χ1v) is 11.4. The van der Waals surface area contributed by atoms with Crippen LogP contribution in [0.15, 0.2) is 35.2 Å². The van der Waals surface area contributed by atoms with Gasteiger partial charge >= 0.3 is 0 Å². The maximum Gasteiger partial charge on any atom is 0.251 e. The Morgan fingerprint density at radius 3 is 2.29 bits per heavy atom. The summed E-state index contributed by atoms with van der Waals surface area (Å²) in [6, 6.07) is 8.18. The number of carbonyl (C=O) groups excluding carboxylic acids is 1. The van der Waals surface area contributed by atoms with E-state index in [1.807, 2.05) is 0 Å². The Morgan fingerprint density at radius 1 is 1.00 bits per heavy atom. The monoisotopic (exact) mass is 448 g/mol. The van der Waals surface area contributed by atoms with Crippen molar-refractivity contribution in [3.8, 4) is 17.2 Å². The lowest BCUT2D eigenvalue weighted by Crippen LogP contribution is -2.29. The van der Waals surface area contributed by atoms with Crippen LogP contribution in [-0.2, 0) is 16.6 Å². The molecule has 1 aliphatic rings. The van der Waals surface area contributed by atoms with Crippen LogP contribution in [0.2, 0.25) is 0 Å². The van der Waals surface area contributed by atoms with Gasteiger partial charge in [0.05, 0.1) is 26.2 Å². The highest BCUT2D eigenvalue weighted by molar-refractivity contribution is 7.89. The molecule has 31 heavy (non-hydrogen) atoms. The fourth-order valence-electron chi connectivity index (χ4n) is 3.66. The van der Waals surface area contributed by atoms with Crippen LogP contribution in [0.3, 0.4) is 0 Å². The lowest BCUT2D eigenvalue weighted by atomic mass is 10.1. The molecule has 3 rings (SSSR count). The quantitative estimate of drug-likeness (QED) is 0.667. The van der Waals surface area contributed by atoms with Crippen LogP contribution >= 0.6 is 0 Å². The number of rotatable bonds is 8. The van der Waals surface area contributed by atoms with E-state index in [0.717, 1.165) is 12.8 Å². The van der Waals surface area contributed by atoms with E-state index >= 15 is 0 Å². The summed E-state index contributed by atoms with van der Waals surface area (Å²) in [5.74, 6) is 1.05. The van der Waals surface area contributed by atoms with Crippen LogP contribution in [0, 0.1) is 6.92 Å². The summed E-state index contributed by atoms with van der Waals surface area (Å²) in [5.41, 5.74) is 1.71. The minimum atomic E-state index is -3.60. The van der Waals surface area contributed by atoms with E-state index in [4.69, 9.17) is 14.2 Å². The van der Waals surface area contributed by atoms with Crippen molar-refractivity contribution in [2.75, 3.05) is 34.4 Å². The van der Waals surface area contributed by atoms with Gasteiger partial charge in [0, 0.05) is 30.8 Å². The second kappa shape index (κ2) is 9.57. The Kier molecular flexibility index (Phi) is 7.07. The number of methoxy groups -OCH3 is 3. The van der Waals surface area contributed by atoms with Gasteiger partial charge in [-0.1, -0.05) is 6.07 Å². The van der Waals surface area contributed by atoms with Gasteiger partial charge in [-0.2, -0.15) is 4.31 Å². The third-order valence-electron chi connectivity index (χ3n) is 5.38. The summed E-state index contributed by atoms with van der Waals surface area (Å²) in [6.45, 7) is 2.97. The Morgan fingerprint density at radius 2 is 1.68 bits per heavy atom. The zero-order valence-electron chi connectivity index (χ0n) is 18.2. The van der Waals surface area contributed by atoms with Gasteiger partial charge in [-0.25, -0.2) is 8.42 Å². The standard InChI is InChI=1S/C22H28N2O6S/c1-15-7-9-17(31(26,27)24-11-5-6-12-24)13-18(15)22(25)23-14-16-8-10-19(28-2)21(30-4)20(16)29-3/h7-10,13H,5-6,11-12,14H2,1-4H3,(H,23,25). The third kappa shape index (κ3) is 4.62. The second-order valence-electron chi connectivity index (χ2n) is 7.26. The van der Waals surface area contributed by atoms with Crippen molar-refractivity contribution in [1.29, 1.82) is 0 Å². The predicted octanol–water partition coefficient (Wildman–Crippen LogP) is 2.74. The molecule has 2 aromatic rings. The summed E-state index contributed by atoms with van der Waals surface area (Å²) in [4.78, 5) is 13.0. The van der Waals surface area contributed by atoms with Gasteiger partial charge in [0.15, 0.2) is 11.5 Å². The highest BCUT2D eigenvalue weighted by Gasteiger charge is 2.28. The highest BCUT2D eigenvalue weighted by Crippen LogP contribution is 2.39. The average molecular weight is 449 g/mol. The van der Waals surface area contributed by atoms with Crippen LogP contribution < -0.4 is 19.5 Å². The van der Waals surface area contributed by atoms with E-state index in [2.05, 4.69) is 5.32 Å². The molecule has 0 saturated carbocycles. The van der Waals surface area contributed by atoms with Crippen molar-refractivity contribution in [3.05, 3.63) is 47.0 Å². The molecule has 1 aliphatic heterocycles. The van der Waals surface area contributed by atoms with E-state index in [1.165, 1.54) is 31.7 Å². The van der Waals surface area contributed by atoms with Crippen molar-refractivity contribution < 1.29 is 27.4 Å². The summed E-state index contributed by atoms with van der Waals surface area (Å²) in [7, 11) is 0.955. The summed E-state index contributed by atoms with van der Waals surface area (Å²) in [6.07, 6.45) is 1.71. The molecule has 1 heterocycles. The van der Waals surface area contributed by atoms with Crippen LogP contribution in [0.1, 0.15) is 34.3 Å². The van der Waals surface area contributed by atoms with Crippen LogP contribution in [0.5, 0.6) is 17.2 Å². The van der Waals surface area contributed by atoms with E-state index in [1.54, 1.807) is 31.2 Å². The van der Waals surface area contributed by atoms with E-state index in [-0.39, 0.29) is 17.3 Å². The van der Waals surface area contributed by atoms with Gasteiger partial charge in [0.2, 0.25) is 15.8 Å². The number of nitrogens with one attached hydrogen (secondary N) is 1. The molecule has 0 unspecified atom stereocenters.